The van der Waals surface area contributed by atoms with E-state index in [1.807, 2.05) is 13.2 Å². The lowest BCUT2D eigenvalue weighted by molar-refractivity contribution is 0.382. The van der Waals surface area contributed by atoms with Crippen LogP contribution in [0.1, 0.15) is 13.3 Å². The molecule has 1 aromatic heterocycles. The van der Waals surface area contributed by atoms with Gasteiger partial charge in [-0.3, -0.25) is 4.79 Å². The van der Waals surface area contributed by atoms with Crippen LogP contribution in [0.15, 0.2) is 28.2 Å². The Morgan fingerprint density at radius 1 is 1.50 bits per heavy atom. The molecule has 0 saturated heterocycles. The van der Waals surface area contributed by atoms with Gasteiger partial charge in [0.15, 0.2) is 0 Å². The molecule has 1 atom stereocenters. The molecule has 0 amide bonds. The maximum Gasteiger partial charge on any atom is 0.248 e. The van der Waals surface area contributed by atoms with E-state index in [1.165, 1.54) is 29.8 Å². The average molecular weight is 290 g/mol. The van der Waals surface area contributed by atoms with Crippen molar-refractivity contribution in [2.45, 2.75) is 24.3 Å². The van der Waals surface area contributed by atoms with Gasteiger partial charge in [0.1, 0.15) is 4.90 Å². The summed E-state index contributed by atoms with van der Waals surface area (Å²) in [7, 11) is -2.21. The van der Waals surface area contributed by atoms with Gasteiger partial charge in [0.05, 0.1) is 0 Å². The van der Waals surface area contributed by atoms with Gasteiger partial charge in [0, 0.05) is 31.5 Å². The molecule has 0 saturated carbocycles. The highest BCUT2D eigenvalue weighted by molar-refractivity contribution is 7.98. The average Bonchev–Trinajstić information content (AvgIpc) is 2.35. The van der Waals surface area contributed by atoms with Crippen molar-refractivity contribution < 1.29 is 8.42 Å². The first-order valence-electron chi connectivity index (χ1n) is 5.55. The van der Waals surface area contributed by atoms with Gasteiger partial charge in [0.25, 0.3) is 0 Å². The number of thioether (sulfide) groups is 1. The Hall–Kier alpha value is -0.790. The van der Waals surface area contributed by atoms with Gasteiger partial charge in [-0.1, -0.05) is 0 Å². The minimum Gasteiger partial charge on any atom is -0.366 e. The van der Waals surface area contributed by atoms with Gasteiger partial charge < -0.3 is 4.98 Å². The molecule has 1 rings (SSSR count). The van der Waals surface area contributed by atoms with Crippen molar-refractivity contribution in [3.05, 3.63) is 28.7 Å². The van der Waals surface area contributed by atoms with Gasteiger partial charge in [-0.2, -0.15) is 16.1 Å². The molecule has 0 aliphatic rings. The third kappa shape index (κ3) is 3.37. The van der Waals surface area contributed by atoms with Crippen molar-refractivity contribution in [3.8, 4) is 0 Å². The van der Waals surface area contributed by atoms with E-state index in [1.54, 1.807) is 11.8 Å². The Labute approximate surface area is 112 Å². The monoisotopic (exact) mass is 290 g/mol. The minimum absolute atomic E-state index is 0.137. The molecule has 0 bridgehead atoms. The molecule has 0 fully saturated rings. The summed E-state index contributed by atoms with van der Waals surface area (Å²) in [5.74, 6) is 0.881. The number of aromatic nitrogens is 1. The highest BCUT2D eigenvalue weighted by Crippen LogP contribution is 2.15. The molecule has 7 heteroatoms. The van der Waals surface area contributed by atoms with Crippen LogP contribution in [-0.2, 0) is 10.0 Å². The number of H-pyrrole nitrogens is 1. The topological polar surface area (TPSA) is 70.2 Å². The number of nitrogens with zero attached hydrogens (tertiary/aromatic N) is 1. The zero-order valence-corrected chi connectivity index (χ0v) is 12.3. The van der Waals surface area contributed by atoms with E-state index >= 15 is 0 Å². The predicted octanol–water partition coefficient (Wildman–Crippen LogP) is 1.14. The molecule has 5 nitrogen and oxygen atoms in total. The summed E-state index contributed by atoms with van der Waals surface area (Å²) < 4.78 is 25.8. The molecule has 102 valence electrons. The van der Waals surface area contributed by atoms with Crippen molar-refractivity contribution in [2.24, 2.45) is 0 Å². The third-order valence-electron chi connectivity index (χ3n) is 2.81. The van der Waals surface area contributed by atoms with Crippen molar-refractivity contribution >= 4 is 21.8 Å². The van der Waals surface area contributed by atoms with Crippen LogP contribution in [0.3, 0.4) is 0 Å². The molecule has 1 unspecified atom stereocenters. The van der Waals surface area contributed by atoms with E-state index in [-0.39, 0.29) is 10.9 Å². The summed E-state index contributed by atoms with van der Waals surface area (Å²) in [5, 5.41) is 0. The molecule has 1 N–H and O–H groups in total. The normalized spacial score (nSPS) is 13.8. The fraction of sp³-hybridized carbons (Fsp3) is 0.545. The second-order valence-electron chi connectivity index (χ2n) is 4.02. The molecule has 0 spiro atoms. The van der Waals surface area contributed by atoms with Gasteiger partial charge in [-0.05, 0) is 25.4 Å². The molecular weight excluding hydrogens is 272 g/mol. The maximum absolute atomic E-state index is 12.3. The lowest BCUT2D eigenvalue weighted by Gasteiger charge is -2.23. The summed E-state index contributed by atoms with van der Waals surface area (Å²) in [6.45, 7) is 1.84. The number of nitrogens with one attached hydrogen (secondary N) is 1. The molecule has 1 aromatic rings. The molecule has 18 heavy (non-hydrogen) atoms. The van der Waals surface area contributed by atoms with Crippen LogP contribution in [0.4, 0.5) is 0 Å². The van der Waals surface area contributed by atoms with Gasteiger partial charge in [-0.25, -0.2) is 8.42 Å². The molecule has 0 aromatic carbocycles. The fourth-order valence-electron chi connectivity index (χ4n) is 1.46. The molecule has 0 aliphatic carbocycles. The van der Waals surface area contributed by atoms with E-state index in [9.17, 15) is 13.2 Å². The molecular formula is C11H18N2O3S2. The van der Waals surface area contributed by atoms with Crippen LogP contribution < -0.4 is 5.43 Å². The van der Waals surface area contributed by atoms with E-state index in [0.29, 0.717) is 0 Å². The van der Waals surface area contributed by atoms with E-state index in [0.717, 1.165) is 12.2 Å². The Bertz CT molecular complexity index is 539. The third-order valence-corrected chi connectivity index (χ3v) is 5.44. The van der Waals surface area contributed by atoms with E-state index < -0.39 is 15.5 Å². The minimum atomic E-state index is -3.72. The van der Waals surface area contributed by atoms with E-state index in [4.69, 9.17) is 0 Å². The van der Waals surface area contributed by atoms with Crippen molar-refractivity contribution in [2.75, 3.05) is 19.1 Å². The molecule has 0 radical (unpaired) electrons. The zero-order chi connectivity index (χ0) is 13.8. The van der Waals surface area contributed by atoms with Crippen LogP contribution in [0, 0.1) is 0 Å². The van der Waals surface area contributed by atoms with Crippen LogP contribution >= 0.6 is 11.8 Å². The van der Waals surface area contributed by atoms with Crippen LogP contribution in [0.5, 0.6) is 0 Å². The number of sulfonamides is 1. The van der Waals surface area contributed by atoms with Crippen LogP contribution in [0.2, 0.25) is 0 Å². The quantitative estimate of drug-likeness (QED) is 0.853. The number of aromatic amines is 1. The predicted molar refractivity (Wildman–Crippen MR) is 74.5 cm³/mol. The Balaban J connectivity index is 3.00. The molecule has 0 aliphatic heterocycles. The summed E-state index contributed by atoms with van der Waals surface area (Å²) in [6.07, 6.45) is 5.37. The van der Waals surface area contributed by atoms with E-state index in [2.05, 4.69) is 4.98 Å². The SMILES string of the molecule is CSCCC(C)N(C)S(=O)(=O)c1c[nH]ccc1=O. The number of hydrogen-bond acceptors (Lipinski definition) is 4. The second-order valence-corrected chi connectivity index (χ2v) is 6.98. The van der Waals surface area contributed by atoms with Crippen LogP contribution in [-0.4, -0.2) is 42.8 Å². The lowest BCUT2D eigenvalue weighted by Crippen LogP contribution is -2.37. The first-order valence-corrected chi connectivity index (χ1v) is 8.38. The Kier molecular flexibility index (Phi) is 5.43. The maximum atomic E-state index is 12.3. The molecule has 1 heterocycles. The van der Waals surface area contributed by atoms with Crippen molar-refractivity contribution in [1.29, 1.82) is 0 Å². The zero-order valence-electron chi connectivity index (χ0n) is 10.7. The number of pyridine rings is 1. The smallest absolute Gasteiger partial charge is 0.248 e. The summed E-state index contributed by atoms with van der Waals surface area (Å²) in [4.78, 5) is 14.0. The first-order chi connectivity index (χ1) is 8.41. The highest BCUT2D eigenvalue weighted by Gasteiger charge is 2.27. The summed E-state index contributed by atoms with van der Waals surface area (Å²) in [5.41, 5.74) is -0.488. The second kappa shape index (κ2) is 6.40. The summed E-state index contributed by atoms with van der Waals surface area (Å²) in [6, 6.07) is 1.08. The first kappa shape index (κ1) is 15.3. The standard InChI is InChI=1S/C11H18N2O3S2/c1-9(5-7-17-3)13(2)18(15,16)11-8-12-6-4-10(11)14/h4,6,8-9H,5,7H2,1-3H3,(H,12,14). The number of hydrogen-bond donors (Lipinski definition) is 1. The van der Waals surface area contributed by atoms with Gasteiger partial charge in [0.2, 0.25) is 15.5 Å². The van der Waals surface area contributed by atoms with Gasteiger partial charge >= 0.3 is 0 Å². The van der Waals surface area contributed by atoms with Crippen molar-refractivity contribution in [3.63, 3.8) is 0 Å². The summed E-state index contributed by atoms with van der Waals surface area (Å²) >= 11 is 1.67. The highest BCUT2D eigenvalue weighted by atomic mass is 32.2. The fourth-order valence-corrected chi connectivity index (χ4v) is 3.47. The van der Waals surface area contributed by atoms with Crippen LogP contribution in [0.25, 0.3) is 0 Å². The van der Waals surface area contributed by atoms with Crippen molar-refractivity contribution in [1.82, 2.24) is 9.29 Å². The Morgan fingerprint density at radius 2 is 2.17 bits per heavy atom. The Morgan fingerprint density at radius 3 is 2.72 bits per heavy atom. The largest absolute Gasteiger partial charge is 0.366 e. The number of rotatable bonds is 6. The van der Waals surface area contributed by atoms with Gasteiger partial charge in [-0.15, -0.1) is 0 Å². The lowest BCUT2D eigenvalue weighted by atomic mass is 10.3.